The Labute approximate surface area is 189 Å². The summed E-state index contributed by atoms with van der Waals surface area (Å²) in [5.74, 6) is 1.16. The molecule has 0 amide bonds. The standard InChI is InChI=1S/C26H31N5O/c1-19-26(20(2)29-28-19)22-9-10-24-23(18-22)27-25(11-8-21-6-4-3-5-7-21)31(24)13-12-30-14-16-32-17-15-30/h3-7,9-10,18H,8,11-17H2,1-2H3,(H,28,29). The lowest BCUT2D eigenvalue weighted by Crippen LogP contribution is -2.38. The summed E-state index contributed by atoms with van der Waals surface area (Å²) in [4.78, 5) is 7.60. The first-order chi connectivity index (χ1) is 15.7. The first-order valence-corrected chi connectivity index (χ1v) is 11.5. The molecule has 6 nitrogen and oxygen atoms in total. The maximum Gasteiger partial charge on any atom is 0.110 e. The molecule has 1 saturated heterocycles. The number of ether oxygens (including phenoxy) is 1. The highest BCUT2D eigenvalue weighted by atomic mass is 16.5. The van der Waals surface area contributed by atoms with Crippen molar-refractivity contribution < 1.29 is 4.74 Å². The summed E-state index contributed by atoms with van der Waals surface area (Å²) in [5, 5.41) is 7.48. The van der Waals surface area contributed by atoms with Crippen molar-refractivity contribution in [2.45, 2.75) is 33.2 Å². The zero-order valence-corrected chi connectivity index (χ0v) is 19.0. The van der Waals surface area contributed by atoms with Gasteiger partial charge in [0.25, 0.3) is 0 Å². The predicted octanol–water partition coefficient (Wildman–Crippen LogP) is 4.16. The average Bonchev–Trinajstić information content (AvgIpc) is 3.35. The highest BCUT2D eigenvalue weighted by Gasteiger charge is 2.16. The molecule has 32 heavy (non-hydrogen) atoms. The van der Waals surface area contributed by atoms with Gasteiger partial charge in [0.1, 0.15) is 5.82 Å². The molecule has 5 rings (SSSR count). The highest BCUT2D eigenvalue weighted by Crippen LogP contribution is 2.29. The quantitative estimate of drug-likeness (QED) is 0.479. The van der Waals surface area contributed by atoms with Gasteiger partial charge in [0, 0.05) is 43.9 Å². The maximum absolute atomic E-state index is 5.52. The van der Waals surface area contributed by atoms with Crippen LogP contribution in [0.4, 0.5) is 0 Å². The lowest BCUT2D eigenvalue weighted by Gasteiger charge is -2.27. The van der Waals surface area contributed by atoms with E-state index in [1.54, 1.807) is 0 Å². The van der Waals surface area contributed by atoms with Crippen molar-refractivity contribution in [3.63, 3.8) is 0 Å². The predicted molar refractivity (Wildman–Crippen MR) is 128 cm³/mol. The molecule has 0 bridgehead atoms. The third-order valence-electron chi connectivity index (χ3n) is 6.47. The van der Waals surface area contributed by atoms with Gasteiger partial charge in [-0.25, -0.2) is 4.98 Å². The van der Waals surface area contributed by atoms with Gasteiger partial charge in [-0.05, 0) is 43.5 Å². The van der Waals surface area contributed by atoms with E-state index in [0.717, 1.165) is 75.0 Å². The van der Waals surface area contributed by atoms with Crippen molar-refractivity contribution in [3.05, 3.63) is 71.3 Å². The third kappa shape index (κ3) is 4.33. The normalized spacial score (nSPS) is 14.9. The van der Waals surface area contributed by atoms with E-state index in [1.807, 2.05) is 0 Å². The molecule has 0 saturated carbocycles. The molecule has 1 aliphatic rings. The number of rotatable bonds is 7. The molecule has 4 aromatic rings. The molecule has 1 fully saturated rings. The van der Waals surface area contributed by atoms with E-state index in [9.17, 15) is 0 Å². The Kier molecular flexibility index (Phi) is 6.06. The number of imidazole rings is 1. The van der Waals surface area contributed by atoms with Crippen LogP contribution in [0.3, 0.4) is 0 Å². The molecule has 0 spiro atoms. The van der Waals surface area contributed by atoms with Gasteiger partial charge >= 0.3 is 0 Å². The molecule has 0 atom stereocenters. The second-order valence-corrected chi connectivity index (χ2v) is 8.63. The van der Waals surface area contributed by atoms with E-state index in [1.165, 1.54) is 22.2 Å². The minimum Gasteiger partial charge on any atom is -0.379 e. The Balaban J connectivity index is 1.46. The smallest absolute Gasteiger partial charge is 0.110 e. The average molecular weight is 430 g/mol. The molecular formula is C26H31N5O. The van der Waals surface area contributed by atoms with Crippen LogP contribution in [0.1, 0.15) is 22.8 Å². The summed E-state index contributed by atoms with van der Waals surface area (Å²) < 4.78 is 7.94. The number of benzene rings is 2. The summed E-state index contributed by atoms with van der Waals surface area (Å²) in [5.41, 5.74) is 8.10. The van der Waals surface area contributed by atoms with Gasteiger partial charge in [-0.1, -0.05) is 36.4 Å². The van der Waals surface area contributed by atoms with Crippen molar-refractivity contribution in [2.75, 3.05) is 32.8 Å². The van der Waals surface area contributed by atoms with Crippen LogP contribution in [-0.2, 0) is 24.1 Å². The van der Waals surface area contributed by atoms with Crippen molar-refractivity contribution in [1.82, 2.24) is 24.6 Å². The van der Waals surface area contributed by atoms with E-state index in [2.05, 4.69) is 82.0 Å². The highest BCUT2D eigenvalue weighted by molar-refractivity contribution is 5.83. The molecule has 166 valence electrons. The van der Waals surface area contributed by atoms with Crippen molar-refractivity contribution in [3.8, 4) is 11.1 Å². The van der Waals surface area contributed by atoms with Gasteiger partial charge in [0.15, 0.2) is 0 Å². The van der Waals surface area contributed by atoms with E-state index < -0.39 is 0 Å². The number of hydrogen-bond acceptors (Lipinski definition) is 4. The minimum absolute atomic E-state index is 0.832. The number of aryl methyl sites for hydroxylation is 4. The Hall–Kier alpha value is -2.96. The number of nitrogens with zero attached hydrogens (tertiary/aromatic N) is 4. The Bertz CT molecular complexity index is 1170. The molecule has 0 aliphatic carbocycles. The molecule has 6 heteroatoms. The van der Waals surface area contributed by atoms with Gasteiger partial charge in [-0.3, -0.25) is 10.00 Å². The zero-order chi connectivity index (χ0) is 21.9. The molecule has 1 aliphatic heterocycles. The van der Waals surface area contributed by atoms with E-state index in [0.29, 0.717) is 0 Å². The van der Waals surface area contributed by atoms with Gasteiger partial charge in [-0.2, -0.15) is 5.10 Å². The van der Waals surface area contributed by atoms with Crippen molar-refractivity contribution in [2.24, 2.45) is 0 Å². The topological polar surface area (TPSA) is 59.0 Å². The number of aromatic nitrogens is 4. The van der Waals surface area contributed by atoms with Crippen molar-refractivity contribution in [1.29, 1.82) is 0 Å². The summed E-state index contributed by atoms with van der Waals surface area (Å²) in [6.07, 6.45) is 1.93. The van der Waals surface area contributed by atoms with Crippen LogP contribution in [0.15, 0.2) is 48.5 Å². The van der Waals surface area contributed by atoms with Crippen LogP contribution in [0, 0.1) is 13.8 Å². The lowest BCUT2D eigenvalue weighted by atomic mass is 10.0. The number of aromatic amines is 1. The van der Waals surface area contributed by atoms with Crippen LogP contribution >= 0.6 is 0 Å². The summed E-state index contributed by atoms with van der Waals surface area (Å²) in [6, 6.07) is 17.3. The Morgan fingerprint density at radius 3 is 2.53 bits per heavy atom. The fraction of sp³-hybridized carbons (Fsp3) is 0.385. The summed E-state index contributed by atoms with van der Waals surface area (Å²) >= 11 is 0. The van der Waals surface area contributed by atoms with Crippen LogP contribution < -0.4 is 0 Å². The first-order valence-electron chi connectivity index (χ1n) is 11.5. The minimum atomic E-state index is 0.832. The molecule has 2 aromatic carbocycles. The molecule has 0 radical (unpaired) electrons. The Morgan fingerprint density at radius 1 is 0.969 bits per heavy atom. The largest absolute Gasteiger partial charge is 0.379 e. The fourth-order valence-electron chi connectivity index (χ4n) is 4.72. The van der Waals surface area contributed by atoms with Crippen LogP contribution in [0.2, 0.25) is 0 Å². The van der Waals surface area contributed by atoms with Crippen LogP contribution in [0.25, 0.3) is 22.2 Å². The van der Waals surface area contributed by atoms with Gasteiger partial charge in [0.05, 0.1) is 29.9 Å². The van der Waals surface area contributed by atoms with E-state index in [4.69, 9.17) is 9.72 Å². The lowest BCUT2D eigenvalue weighted by molar-refractivity contribution is 0.0364. The van der Waals surface area contributed by atoms with E-state index >= 15 is 0 Å². The summed E-state index contributed by atoms with van der Waals surface area (Å²) in [7, 11) is 0. The molecule has 0 unspecified atom stereocenters. The van der Waals surface area contributed by atoms with Gasteiger partial charge in [-0.15, -0.1) is 0 Å². The van der Waals surface area contributed by atoms with Gasteiger partial charge in [0.2, 0.25) is 0 Å². The fourth-order valence-corrected chi connectivity index (χ4v) is 4.72. The molecule has 1 N–H and O–H groups in total. The second kappa shape index (κ2) is 9.27. The third-order valence-corrected chi connectivity index (χ3v) is 6.47. The monoisotopic (exact) mass is 429 g/mol. The first kappa shape index (κ1) is 20.9. The Morgan fingerprint density at radius 2 is 1.78 bits per heavy atom. The SMILES string of the molecule is Cc1n[nH]c(C)c1-c1ccc2c(c1)nc(CCc1ccccc1)n2CCN1CCOCC1. The van der Waals surface area contributed by atoms with E-state index in [-0.39, 0.29) is 0 Å². The molecule has 2 aromatic heterocycles. The number of morpholine rings is 1. The number of nitrogens with one attached hydrogen (secondary N) is 1. The summed E-state index contributed by atoms with van der Waals surface area (Å²) in [6.45, 7) is 9.78. The molecule has 3 heterocycles. The van der Waals surface area contributed by atoms with Crippen LogP contribution in [-0.4, -0.2) is 57.5 Å². The van der Waals surface area contributed by atoms with Crippen molar-refractivity contribution >= 4 is 11.0 Å². The second-order valence-electron chi connectivity index (χ2n) is 8.63. The molecular weight excluding hydrogens is 398 g/mol. The zero-order valence-electron chi connectivity index (χ0n) is 19.0. The number of fused-ring (bicyclic) bond motifs is 1. The van der Waals surface area contributed by atoms with Crippen LogP contribution in [0.5, 0.6) is 0 Å². The van der Waals surface area contributed by atoms with Gasteiger partial charge < -0.3 is 9.30 Å². The number of hydrogen-bond donors (Lipinski definition) is 1. The maximum atomic E-state index is 5.52. The number of H-pyrrole nitrogens is 1.